The van der Waals surface area contributed by atoms with Gasteiger partial charge >= 0.3 is 0 Å². The molecule has 0 radical (unpaired) electrons. The summed E-state index contributed by atoms with van der Waals surface area (Å²) in [5.41, 5.74) is 7.36. The van der Waals surface area contributed by atoms with Crippen molar-refractivity contribution in [3.05, 3.63) is 59.7 Å². The number of hydrogen-bond acceptors (Lipinski definition) is 2. The molecule has 0 saturated heterocycles. The first-order valence-electron chi connectivity index (χ1n) is 5.53. The molecule has 1 unspecified atom stereocenters. The topological polar surface area (TPSA) is 46.2 Å². The third kappa shape index (κ3) is 2.55. The summed E-state index contributed by atoms with van der Waals surface area (Å²) in [5, 5.41) is 8.97. The molecular formula is C14H13F2NO. The van der Waals surface area contributed by atoms with Gasteiger partial charge in [0.2, 0.25) is 0 Å². The van der Waals surface area contributed by atoms with Gasteiger partial charge in [-0.25, -0.2) is 8.78 Å². The highest BCUT2D eigenvalue weighted by Crippen LogP contribution is 2.24. The number of benzene rings is 2. The van der Waals surface area contributed by atoms with Gasteiger partial charge in [-0.2, -0.15) is 0 Å². The lowest BCUT2D eigenvalue weighted by molar-refractivity contribution is 0.265. The molecule has 0 fully saturated rings. The first kappa shape index (κ1) is 12.7. The van der Waals surface area contributed by atoms with Gasteiger partial charge < -0.3 is 10.8 Å². The van der Waals surface area contributed by atoms with Crippen LogP contribution < -0.4 is 5.73 Å². The lowest BCUT2D eigenvalue weighted by Gasteiger charge is -2.12. The van der Waals surface area contributed by atoms with E-state index in [2.05, 4.69) is 0 Å². The predicted molar refractivity (Wildman–Crippen MR) is 65.8 cm³/mol. The van der Waals surface area contributed by atoms with Crippen molar-refractivity contribution in [2.45, 2.75) is 6.04 Å². The van der Waals surface area contributed by atoms with E-state index in [0.29, 0.717) is 0 Å². The second-order valence-corrected chi connectivity index (χ2v) is 4.03. The molecule has 0 spiro atoms. The van der Waals surface area contributed by atoms with Gasteiger partial charge in [-0.05, 0) is 35.4 Å². The van der Waals surface area contributed by atoms with E-state index in [0.717, 1.165) is 11.1 Å². The summed E-state index contributed by atoms with van der Waals surface area (Å²) in [4.78, 5) is 0. The van der Waals surface area contributed by atoms with Gasteiger partial charge in [0.05, 0.1) is 12.6 Å². The molecule has 0 heterocycles. The smallest absolute Gasteiger partial charge is 0.128 e. The molecule has 18 heavy (non-hydrogen) atoms. The van der Waals surface area contributed by atoms with Crippen molar-refractivity contribution in [1.29, 1.82) is 0 Å². The molecule has 0 aliphatic heterocycles. The van der Waals surface area contributed by atoms with E-state index < -0.39 is 11.9 Å². The Kier molecular flexibility index (Phi) is 3.69. The Labute approximate surface area is 104 Å². The van der Waals surface area contributed by atoms with Gasteiger partial charge in [0, 0.05) is 5.56 Å². The van der Waals surface area contributed by atoms with E-state index >= 15 is 0 Å². The highest BCUT2D eigenvalue weighted by atomic mass is 19.1. The zero-order valence-corrected chi connectivity index (χ0v) is 9.61. The monoisotopic (exact) mass is 249 g/mol. The van der Waals surface area contributed by atoms with Crippen molar-refractivity contribution in [1.82, 2.24) is 0 Å². The second-order valence-electron chi connectivity index (χ2n) is 4.03. The summed E-state index contributed by atoms with van der Waals surface area (Å²) >= 11 is 0. The van der Waals surface area contributed by atoms with Crippen molar-refractivity contribution in [2.75, 3.05) is 6.61 Å². The molecule has 4 heteroatoms. The SMILES string of the molecule is NC(CO)c1cc(-c2ccc(F)cc2)ccc1F. The number of hydrogen-bond donors (Lipinski definition) is 2. The maximum Gasteiger partial charge on any atom is 0.128 e. The van der Waals surface area contributed by atoms with E-state index in [-0.39, 0.29) is 18.0 Å². The Morgan fingerprint density at radius 1 is 1.00 bits per heavy atom. The predicted octanol–water partition coefficient (Wildman–Crippen LogP) is 2.62. The summed E-state index contributed by atoms with van der Waals surface area (Å²) in [6.07, 6.45) is 0. The second kappa shape index (κ2) is 5.25. The van der Waals surface area contributed by atoms with Gasteiger partial charge in [0.1, 0.15) is 11.6 Å². The fourth-order valence-electron chi connectivity index (χ4n) is 1.75. The normalized spacial score (nSPS) is 12.4. The number of aliphatic hydroxyl groups excluding tert-OH is 1. The fraction of sp³-hybridized carbons (Fsp3) is 0.143. The van der Waals surface area contributed by atoms with Crippen LogP contribution in [0.1, 0.15) is 11.6 Å². The first-order valence-corrected chi connectivity index (χ1v) is 5.53. The van der Waals surface area contributed by atoms with E-state index in [4.69, 9.17) is 10.8 Å². The van der Waals surface area contributed by atoms with E-state index in [9.17, 15) is 8.78 Å². The largest absolute Gasteiger partial charge is 0.394 e. The van der Waals surface area contributed by atoms with E-state index in [1.807, 2.05) is 0 Å². The van der Waals surface area contributed by atoms with Crippen LogP contribution in [-0.2, 0) is 0 Å². The molecule has 2 aromatic carbocycles. The van der Waals surface area contributed by atoms with Crippen LogP contribution in [0.2, 0.25) is 0 Å². The molecule has 0 aliphatic rings. The summed E-state index contributed by atoms with van der Waals surface area (Å²) in [6.45, 7) is -0.330. The summed E-state index contributed by atoms with van der Waals surface area (Å²) in [5.74, 6) is -0.782. The van der Waals surface area contributed by atoms with Crippen LogP contribution in [0.4, 0.5) is 8.78 Å². The van der Waals surface area contributed by atoms with Crippen LogP contribution >= 0.6 is 0 Å². The highest BCUT2D eigenvalue weighted by molar-refractivity contribution is 5.64. The minimum Gasteiger partial charge on any atom is -0.394 e. The van der Waals surface area contributed by atoms with Gasteiger partial charge in [0.25, 0.3) is 0 Å². The van der Waals surface area contributed by atoms with Crippen molar-refractivity contribution in [2.24, 2.45) is 5.73 Å². The maximum atomic E-state index is 13.5. The van der Waals surface area contributed by atoms with Crippen LogP contribution in [0.5, 0.6) is 0 Å². The molecule has 0 aromatic heterocycles. The molecule has 0 aliphatic carbocycles. The van der Waals surface area contributed by atoms with Crippen molar-refractivity contribution >= 4 is 0 Å². The summed E-state index contributed by atoms with van der Waals surface area (Å²) in [6, 6.07) is 9.59. The molecule has 1 atom stereocenters. The van der Waals surface area contributed by atoms with Crippen LogP contribution in [0.15, 0.2) is 42.5 Å². The summed E-state index contributed by atoms with van der Waals surface area (Å²) in [7, 11) is 0. The fourth-order valence-corrected chi connectivity index (χ4v) is 1.75. The molecule has 0 saturated carbocycles. The molecule has 94 valence electrons. The van der Waals surface area contributed by atoms with Crippen molar-refractivity contribution < 1.29 is 13.9 Å². The third-order valence-electron chi connectivity index (χ3n) is 2.77. The third-order valence-corrected chi connectivity index (χ3v) is 2.77. The number of rotatable bonds is 3. The van der Waals surface area contributed by atoms with Crippen molar-refractivity contribution in [3.63, 3.8) is 0 Å². The van der Waals surface area contributed by atoms with Gasteiger partial charge in [0.15, 0.2) is 0 Å². The lowest BCUT2D eigenvalue weighted by Crippen LogP contribution is -2.16. The Balaban J connectivity index is 2.43. The van der Waals surface area contributed by atoms with Crippen LogP contribution in [0, 0.1) is 11.6 Å². The molecule has 0 amide bonds. The van der Waals surface area contributed by atoms with Gasteiger partial charge in [-0.15, -0.1) is 0 Å². The Hall–Kier alpha value is -1.78. The minimum absolute atomic E-state index is 0.249. The number of halogens is 2. The molecule has 2 rings (SSSR count). The van der Waals surface area contributed by atoms with E-state index in [1.165, 1.54) is 18.2 Å². The molecule has 2 aromatic rings. The zero-order chi connectivity index (χ0) is 13.1. The number of aliphatic hydroxyl groups is 1. The van der Waals surface area contributed by atoms with Crippen LogP contribution in [-0.4, -0.2) is 11.7 Å². The maximum absolute atomic E-state index is 13.5. The van der Waals surface area contributed by atoms with Gasteiger partial charge in [-0.1, -0.05) is 18.2 Å². The van der Waals surface area contributed by atoms with E-state index in [1.54, 1.807) is 24.3 Å². The Bertz CT molecular complexity index is 540. The quantitative estimate of drug-likeness (QED) is 0.878. The Morgan fingerprint density at radius 2 is 1.61 bits per heavy atom. The first-order chi connectivity index (χ1) is 8.61. The molecular weight excluding hydrogens is 236 g/mol. The Morgan fingerprint density at radius 3 is 2.22 bits per heavy atom. The van der Waals surface area contributed by atoms with Crippen molar-refractivity contribution in [3.8, 4) is 11.1 Å². The zero-order valence-electron chi connectivity index (χ0n) is 9.61. The minimum atomic E-state index is -0.759. The van der Waals surface area contributed by atoms with Crippen LogP contribution in [0.25, 0.3) is 11.1 Å². The average Bonchev–Trinajstić information content (AvgIpc) is 2.39. The average molecular weight is 249 g/mol. The molecule has 2 nitrogen and oxygen atoms in total. The summed E-state index contributed by atoms with van der Waals surface area (Å²) < 4.78 is 26.4. The standard InChI is InChI=1S/C14H13F2NO/c15-11-4-1-9(2-5-11)10-3-6-13(16)12(7-10)14(17)8-18/h1-7,14,18H,8,17H2. The molecule has 0 bridgehead atoms. The molecule has 3 N–H and O–H groups in total. The lowest BCUT2D eigenvalue weighted by atomic mass is 9.99. The number of nitrogens with two attached hydrogens (primary N) is 1. The highest BCUT2D eigenvalue weighted by Gasteiger charge is 2.11. The van der Waals surface area contributed by atoms with Gasteiger partial charge in [-0.3, -0.25) is 0 Å². The van der Waals surface area contributed by atoms with Crippen LogP contribution in [0.3, 0.4) is 0 Å².